The van der Waals surface area contributed by atoms with E-state index in [1.165, 1.54) is 44.9 Å². The third-order valence-electron chi connectivity index (χ3n) is 3.93. The number of ether oxygens (including phenoxy) is 1. The van der Waals surface area contributed by atoms with E-state index in [1.54, 1.807) is 0 Å². The molecule has 0 aromatic heterocycles. The first kappa shape index (κ1) is 6.47. The Bertz CT molecular complexity index is 176. The van der Waals surface area contributed by atoms with Gasteiger partial charge in [-0.25, -0.2) is 0 Å². The molecule has 0 amide bonds. The van der Waals surface area contributed by atoms with Gasteiger partial charge in [0, 0.05) is 0 Å². The summed E-state index contributed by atoms with van der Waals surface area (Å²) < 4.78 is 5.87. The molecule has 1 heteroatoms. The maximum absolute atomic E-state index is 5.87. The fourth-order valence-electron chi connectivity index (χ4n) is 3.29. The van der Waals surface area contributed by atoms with Gasteiger partial charge in [-0.2, -0.15) is 0 Å². The number of hydrogen-bond acceptors (Lipinski definition) is 1. The highest BCUT2D eigenvalue weighted by Crippen LogP contribution is 2.57. The van der Waals surface area contributed by atoms with Crippen molar-refractivity contribution < 1.29 is 4.74 Å². The van der Waals surface area contributed by atoms with Crippen molar-refractivity contribution in [2.75, 3.05) is 0 Å². The quantitative estimate of drug-likeness (QED) is 0.486. The molecule has 3 aliphatic rings. The predicted octanol–water partition coefficient (Wildman–Crippen LogP) is 2.50. The minimum Gasteiger partial charge on any atom is -0.366 e. The first-order chi connectivity index (χ1) is 5.42. The fourth-order valence-corrected chi connectivity index (χ4v) is 3.29. The summed E-state index contributed by atoms with van der Waals surface area (Å²) in [6, 6.07) is 0. The molecule has 0 bridgehead atoms. The van der Waals surface area contributed by atoms with Crippen LogP contribution < -0.4 is 0 Å². The molecule has 2 aliphatic carbocycles. The van der Waals surface area contributed by atoms with Crippen molar-refractivity contribution in [2.45, 2.75) is 56.7 Å². The van der Waals surface area contributed by atoms with E-state index in [9.17, 15) is 0 Å². The van der Waals surface area contributed by atoms with Crippen molar-refractivity contribution >= 4 is 0 Å². The minimum absolute atomic E-state index is 0.441. The zero-order chi connectivity index (χ0) is 7.31. The van der Waals surface area contributed by atoms with Gasteiger partial charge in [0.15, 0.2) is 0 Å². The van der Waals surface area contributed by atoms with Crippen LogP contribution in [0.2, 0.25) is 0 Å². The van der Waals surface area contributed by atoms with Crippen molar-refractivity contribution in [1.82, 2.24) is 0 Å². The summed E-state index contributed by atoms with van der Waals surface area (Å²) in [6.07, 6.45) is 10.7. The number of epoxide rings is 1. The Hall–Kier alpha value is -0.0400. The van der Waals surface area contributed by atoms with Crippen molar-refractivity contribution in [3.8, 4) is 0 Å². The van der Waals surface area contributed by atoms with Gasteiger partial charge in [-0.1, -0.05) is 19.3 Å². The van der Waals surface area contributed by atoms with Crippen molar-refractivity contribution in [2.24, 2.45) is 5.92 Å². The predicted molar refractivity (Wildman–Crippen MR) is 43.4 cm³/mol. The van der Waals surface area contributed by atoms with Gasteiger partial charge in [-0.3, -0.25) is 0 Å². The standard InChI is InChI=1S/C10H16O/c1-2-7-10-8(4-1)5-3-6-9(10)11-10/h8-9H,1-7H2. The fraction of sp³-hybridized carbons (Fsp3) is 1.00. The Kier molecular flexibility index (Phi) is 1.18. The molecule has 1 aliphatic heterocycles. The number of hydrogen-bond donors (Lipinski definition) is 0. The summed E-state index contributed by atoms with van der Waals surface area (Å²) in [4.78, 5) is 0. The van der Waals surface area contributed by atoms with Gasteiger partial charge in [0.25, 0.3) is 0 Å². The zero-order valence-corrected chi connectivity index (χ0v) is 7.01. The molecule has 3 fully saturated rings. The van der Waals surface area contributed by atoms with Crippen molar-refractivity contribution in [3.63, 3.8) is 0 Å². The lowest BCUT2D eigenvalue weighted by molar-refractivity contribution is 0.150. The lowest BCUT2D eigenvalue weighted by Gasteiger charge is -2.32. The van der Waals surface area contributed by atoms with E-state index >= 15 is 0 Å². The van der Waals surface area contributed by atoms with Crippen LogP contribution in [-0.4, -0.2) is 11.7 Å². The maximum Gasteiger partial charge on any atom is 0.0976 e. The molecule has 1 saturated heterocycles. The Balaban J connectivity index is 1.84. The first-order valence-corrected chi connectivity index (χ1v) is 5.10. The molecule has 0 N–H and O–H groups in total. The minimum atomic E-state index is 0.441. The highest BCUT2D eigenvalue weighted by molar-refractivity contribution is 5.10. The molecule has 11 heavy (non-hydrogen) atoms. The molecule has 3 rings (SSSR count). The third kappa shape index (κ3) is 0.752. The van der Waals surface area contributed by atoms with Gasteiger partial charge in [0.05, 0.1) is 11.7 Å². The Morgan fingerprint density at radius 3 is 2.82 bits per heavy atom. The molecule has 0 radical (unpaired) electrons. The van der Waals surface area contributed by atoms with E-state index in [1.807, 2.05) is 0 Å². The zero-order valence-electron chi connectivity index (χ0n) is 7.01. The van der Waals surface area contributed by atoms with Gasteiger partial charge in [0.2, 0.25) is 0 Å². The molecule has 0 aromatic rings. The van der Waals surface area contributed by atoms with Gasteiger partial charge >= 0.3 is 0 Å². The maximum atomic E-state index is 5.87. The lowest BCUT2D eigenvalue weighted by atomic mass is 9.70. The van der Waals surface area contributed by atoms with E-state index < -0.39 is 0 Å². The van der Waals surface area contributed by atoms with Crippen LogP contribution >= 0.6 is 0 Å². The summed E-state index contributed by atoms with van der Waals surface area (Å²) in [7, 11) is 0. The summed E-state index contributed by atoms with van der Waals surface area (Å²) in [5.74, 6) is 0.954. The second-order valence-electron chi connectivity index (χ2n) is 4.44. The van der Waals surface area contributed by atoms with Crippen molar-refractivity contribution in [1.29, 1.82) is 0 Å². The molecular weight excluding hydrogens is 136 g/mol. The van der Waals surface area contributed by atoms with E-state index in [4.69, 9.17) is 4.74 Å². The van der Waals surface area contributed by atoms with Crippen LogP contribution in [0.25, 0.3) is 0 Å². The third-order valence-corrected chi connectivity index (χ3v) is 3.93. The smallest absolute Gasteiger partial charge is 0.0976 e. The molecule has 3 unspecified atom stereocenters. The average Bonchev–Trinajstić information content (AvgIpc) is 2.75. The van der Waals surface area contributed by atoms with Gasteiger partial charge in [-0.15, -0.1) is 0 Å². The normalized spacial score (nSPS) is 54.5. The Morgan fingerprint density at radius 2 is 1.91 bits per heavy atom. The van der Waals surface area contributed by atoms with Crippen LogP contribution in [0.1, 0.15) is 44.9 Å². The molecule has 2 saturated carbocycles. The highest BCUT2D eigenvalue weighted by atomic mass is 16.6. The molecular formula is C10H16O. The molecule has 62 valence electrons. The van der Waals surface area contributed by atoms with E-state index in [0.29, 0.717) is 11.7 Å². The molecule has 1 heterocycles. The van der Waals surface area contributed by atoms with Gasteiger partial charge in [-0.05, 0) is 31.6 Å². The lowest BCUT2D eigenvalue weighted by Crippen LogP contribution is -2.33. The van der Waals surface area contributed by atoms with Crippen LogP contribution in [0.5, 0.6) is 0 Å². The average molecular weight is 152 g/mol. The van der Waals surface area contributed by atoms with Crippen LogP contribution in [-0.2, 0) is 4.74 Å². The van der Waals surface area contributed by atoms with E-state index in [2.05, 4.69) is 0 Å². The van der Waals surface area contributed by atoms with Crippen molar-refractivity contribution in [3.05, 3.63) is 0 Å². The van der Waals surface area contributed by atoms with E-state index in [0.717, 1.165) is 5.92 Å². The SMILES string of the molecule is C1CCC23OC2CCCC3C1. The monoisotopic (exact) mass is 152 g/mol. The second-order valence-corrected chi connectivity index (χ2v) is 4.44. The molecule has 0 aromatic carbocycles. The highest BCUT2D eigenvalue weighted by Gasteiger charge is 2.62. The van der Waals surface area contributed by atoms with Gasteiger partial charge < -0.3 is 4.74 Å². The first-order valence-electron chi connectivity index (χ1n) is 5.10. The van der Waals surface area contributed by atoms with Crippen LogP contribution in [0, 0.1) is 5.92 Å². The topological polar surface area (TPSA) is 12.5 Å². The Labute approximate surface area is 68.1 Å². The Morgan fingerprint density at radius 1 is 1.00 bits per heavy atom. The summed E-state index contributed by atoms with van der Waals surface area (Å²) in [6.45, 7) is 0. The van der Waals surface area contributed by atoms with Crippen LogP contribution in [0.4, 0.5) is 0 Å². The van der Waals surface area contributed by atoms with Crippen LogP contribution in [0.3, 0.4) is 0 Å². The largest absolute Gasteiger partial charge is 0.366 e. The second kappa shape index (κ2) is 2.01. The molecule has 1 spiro atoms. The van der Waals surface area contributed by atoms with Gasteiger partial charge in [0.1, 0.15) is 0 Å². The number of rotatable bonds is 0. The summed E-state index contributed by atoms with van der Waals surface area (Å²) >= 11 is 0. The molecule has 1 nitrogen and oxygen atoms in total. The summed E-state index contributed by atoms with van der Waals surface area (Å²) in [5.41, 5.74) is 0.441. The molecule has 3 atom stereocenters. The van der Waals surface area contributed by atoms with Crippen LogP contribution in [0.15, 0.2) is 0 Å². The van der Waals surface area contributed by atoms with E-state index in [-0.39, 0.29) is 0 Å². The summed E-state index contributed by atoms with van der Waals surface area (Å²) in [5, 5.41) is 0.